The quantitative estimate of drug-likeness (QED) is 0.652. The molecular formula is C9H9N2. The van der Waals surface area contributed by atoms with Crippen molar-refractivity contribution in [2.45, 2.75) is 6.42 Å². The van der Waals surface area contributed by atoms with Gasteiger partial charge in [-0.2, -0.15) is 0 Å². The van der Waals surface area contributed by atoms with Crippen molar-refractivity contribution in [3.8, 4) is 0 Å². The number of aromatic amines is 1. The zero-order valence-electron chi connectivity index (χ0n) is 6.17. The van der Waals surface area contributed by atoms with E-state index in [2.05, 4.69) is 16.9 Å². The molecule has 2 aromatic rings. The molecule has 0 amide bonds. The fourth-order valence-electron chi connectivity index (χ4n) is 1.15. The summed E-state index contributed by atoms with van der Waals surface area (Å²) in [5, 5.41) is 0. The van der Waals surface area contributed by atoms with Crippen molar-refractivity contribution in [2.24, 2.45) is 0 Å². The van der Waals surface area contributed by atoms with Crippen LogP contribution in [0.3, 0.4) is 0 Å². The van der Waals surface area contributed by atoms with E-state index < -0.39 is 0 Å². The first-order chi connectivity index (χ1) is 5.40. The van der Waals surface area contributed by atoms with Crippen LogP contribution in [-0.2, 0) is 6.42 Å². The number of nitrogens with zero attached hydrogens (tertiary/aromatic N) is 1. The van der Waals surface area contributed by atoms with Crippen LogP contribution >= 0.6 is 0 Å². The molecule has 0 bridgehead atoms. The lowest BCUT2D eigenvalue weighted by atomic mass is 10.3. The molecule has 2 heteroatoms. The highest BCUT2D eigenvalue weighted by Crippen LogP contribution is 2.11. The molecule has 11 heavy (non-hydrogen) atoms. The molecule has 0 spiro atoms. The maximum Gasteiger partial charge on any atom is 0.0881 e. The summed E-state index contributed by atoms with van der Waals surface area (Å²) in [6, 6.07) is 5.97. The van der Waals surface area contributed by atoms with Gasteiger partial charge in [0.05, 0.1) is 11.0 Å². The number of nitrogens with one attached hydrogen (secondary N) is 1. The second kappa shape index (κ2) is 2.38. The Labute approximate surface area is 65.3 Å². The lowest BCUT2D eigenvalue weighted by molar-refractivity contribution is 1.17. The number of rotatable bonds is 1. The van der Waals surface area contributed by atoms with Gasteiger partial charge in [0.25, 0.3) is 0 Å². The summed E-state index contributed by atoms with van der Waals surface area (Å²) >= 11 is 0. The van der Waals surface area contributed by atoms with E-state index in [4.69, 9.17) is 0 Å². The molecular weight excluding hydrogens is 136 g/mol. The fraction of sp³-hybridized carbons (Fsp3) is 0.111. The molecule has 1 radical (unpaired) electrons. The van der Waals surface area contributed by atoms with E-state index in [1.807, 2.05) is 18.2 Å². The van der Waals surface area contributed by atoms with Crippen LogP contribution in [0.1, 0.15) is 5.69 Å². The molecule has 0 aliphatic rings. The third-order valence-corrected chi connectivity index (χ3v) is 1.71. The average Bonchev–Trinajstić information content (AvgIpc) is 2.46. The predicted molar refractivity (Wildman–Crippen MR) is 45.2 cm³/mol. The summed E-state index contributed by atoms with van der Waals surface area (Å²) in [6.07, 6.45) is 2.58. The third kappa shape index (κ3) is 1.00. The van der Waals surface area contributed by atoms with Gasteiger partial charge in [0.15, 0.2) is 0 Å². The number of hydrogen-bond acceptors (Lipinski definition) is 1. The summed E-state index contributed by atoms with van der Waals surface area (Å²) in [5.74, 6) is 0. The second-order valence-corrected chi connectivity index (χ2v) is 2.48. The van der Waals surface area contributed by atoms with Gasteiger partial charge in [-0.1, -0.05) is 0 Å². The molecule has 0 saturated heterocycles. The number of pyridine rings is 1. The largest absolute Gasteiger partial charge is 0.357 e. The van der Waals surface area contributed by atoms with E-state index in [1.54, 1.807) is 6.20 Å². The minimum Gasteiger partial charge on any atom is -0.357 e. The normalized spacial score (nSPS) is 10.6. The molecule has 2 heterocycles. The zero-order valence-corrected chi connectivity index (χ0v) is 6.17. The Morgan fingerprint density at radius 2 is 2.45 bits per heavy atom. The molecule has 0 aliphatic carbocycles. The average molecular weight is 145 g/mol. The number of aromatic nitrogens is 2. The molecule has 0 fully saturated rings. The lowest BCUT2D eigenvalue weighted by Gasteiger charge is -1.84. The van der Waals surface area contributed by atoms with Crippen LogP contribution in [0.2, 0.25) is 0 Å². The topological polar surface area (TPSA) is 28.7 Å². The molecule has 1 N–H and O–H groups in total. The van der Waals surface area contributed by atoms with Gasteiger partial charge in [0.1, 0.15) is 0 Å². The second-order valence-electron chi connectivity index (χ2n) is 2.48. The summed E-state index contributed by atoms with van der Waals surface area (Å²) in [4.78, 5) is 7.41. The van der Waals surface area contributed by atoms with E-state index >= 15 is 0 Å². The van der Waals surface area contributed by atoms with Crippen molar-refractivity contribution in [1.29, 1.82) is 0 Å². The SMILES string of the molecule is [CH2]Cc1cc2ncccc2[nH]1. The van der Waals surface area contributed by atoms with Gasteiger partial charge >= 0.3 is 0 Å². The molecule has 0 aliphatic heterocycles. The fourth-order valence-corrected chi connectivity index (χ4v) is 1.15. The highest BCUT2D eigenvalue weighted by atomic mass is 14.8. The molecule has 0 aromatic carbocycles. The molecule has 2 aromatic heterocycles. The standard InChI is InChI=1S/C9H9N2/c1-2-7-6-9-8(11-7)4-3-5-10-9/h3-6,11H,1-2H2. The number of hydrogen-bond donors (Lipinski definition) is 1. The maximum absolute atomic E-state index is 4.19. The Morgan fingerprint density at radius 3 is 3.18 bits per heavy atom. The van der Waals surface area contributed by atoms with Crippen molar-refractivity contribution >= 4 is 11.0 Å². The van der Waals surface area contributed by atoms with E-state index in [-0.39, 0.29) is 0 Å². The van der Waals surface area contributed by atoms with Crippen molar-refractivity contribution < 1.29 is 0 Å². The summed E-state index contributed by atoms with van der Waals surface area (Å²) in [7, 11) is 0. The monoisotopic (exact) mass is 145 g/mol. The Balaban J connectivity index is 2.69. The lowest BCUT2D eigenvalue weighted by Crippen LogP contribution is -1.75. The van der Waals surface area contributed by atoms with Gasteiger partial charge < -0.3 is 4.98 Å². The molecule has 0 unspecified atom stereocenters. The molecule has 2 nitrogen and oxygen atoms in total. The van der Waals surface area contributed by atoms with Gasteiger partial charge in [-0.3, -0.25) is 4.98 Å². The van der Waals surface area contributed by atoms with Gasteiger partial charge in [-0.25, -0.2) is 0 Å². The van der Waals surface area contributed by atoms with Crippen LogP contribution in [0.4, 0.5) is 0 Å². The Morgan fingerprint density at radius 1 is 1.55 bits per heavy atom. The molecule has 0 saturated carbocycles. The van der Waals surface area contributed by atoms with Crippen molar-refractivity contribution in [3.63, 3.8) is 0 Å². The first kappa shape index (κ1) is 6.40. The first-order valence-electron chi connectivity index (χ1n) is 3.62. The summed E-state index contributed by atoms with van der Waals surface area (Å²) < 4.78 is 0. The van der Waals surface area contributed by atoms with Gasteiger partial charge in [-0.15, -0.1) is 0 Å². The van der Waals surface area contributed by atoms with E-state index in [9.17, 15) is 0 Å². The van der Waals surface area contributed by atoms with Crippen molar-refractivity contribution in [2.75, 3.05) is 0 Å². The van der Waals surface area contributed by atoms with Crippen LogP contribution in [0, 0.1) is 6.92 Å². The minimum atomic E-state index is 0.788. The van der Waals surface area contributed by atoms with Crippen LogP contribution in [0.15, 0.2) is 24.4 Å². The van der Waals surface area contributed by atoms with Crippen molar-refractivity contribution in [3.05, 3.63) is 37.0 Å². The summed E-state index contributed by atoms with van der Waals surface area (Å²) in [5.41, 5.74) is 3.25. The minimum absolute atomic E-state index is 0.788. The Bertz CT molecular complexity index is 329. The first-order valence-corrected chi connectivity index (χ1v) is 3.62. The summed E-state index contributed by atoms with van der Waals surface area (Å²) in [6.45, 7) is 3.79. The molecule has 0 atom stereocenters. The van der Waals surface area contributed by atoms with Crippen LogP contribution < -0.4 is 0 Å². The maximum atomic E-state index is 4.19. The highest BCUT2D eigenvalue weighted by molar-refractivity contribution is 5.75. The molecule has 2 rings (SSSR count). The van der Waals surface area contributed by atoms with Gasteiger partial charge in [0, 0.05) is 11.9 Å². The van der Waals surface area contributed by atoms with Crippen LogP contribution in [0.25, 0.3) is 11.0 Å². The number of H-pyrrole nitrogens is 1. The Hall–Kier alpha value is -1.31. The van der Waals surface area contributed by atoms with E-state index in [1.165, 1.54) is 0 Å². The van der Waals surface area contributed by atoms with E-state index in [0.717, 1.165) is 23.1 Å². The zero-order chi connectivity index (χ0) is 7.68. The predicted octanol–water partition coefficient (Wildman–Crippen LogP) is 1.94. The van der Waals surface area contributed by atoms with Crippen LogP contribution in [0.5, 0.6) is 0 Å². The smallest absolute Gasteiger partial charge is 0.0881 e. The third-order valence-electron chi connectivity index (χ3n) is 1.71. The Kier molecular flexibility index (Phi) is 1.39. The van der Waals surface area contributed by atoms with Crippen LogP contribution in [-0.4, -0.2) is 9.97 Å². The van der Waals surface area contributed by atoms with Gasteiger partial charge in [-0.05, 0) is 31.5 Å². The van der Waals surface area contributed by atoms with Crippen molar-refractivity contribution in [1.82, 2.24) is 9.97 Å². The highest BCUT2D eigenvalue weighted by Gasteiger charge is 1.96. The van der Waals surface area contributed by atoms with Gasteiger partial charge in [0.2, 0.25) is 0 Å². The number of fused-ring (bicyclic) bond motifs is 1. The molecule has 55 valence electrons. The van der Waals surface area contributed by atoms with E-state index in [0.29, 0.717) is 0 Å².